The van der Waals surface area contributed by atoms with E-state index in [2.05, 4.69) is 24.1 Å². The van der Waals surface area contributed by atoms with E-state index in [9.17, 15) is 9.59 Å². The van der Waals surface area contributed by atoms with Crippen LogP contribution >= 0.6 is 0 Å². The van der Waals surface area contributed by atoms with E-state index in [1.807, 2.05) is 49.4 Å². The van der Waals surface area contributed by atoms with Gasteiger partial charge in [-0.05, 0) is 36.1 Å². The topological polar surface area (TPSA) is 81.4 Å². The number of para-hydroxylation sites is 3. The molecule has 1 amide bonds. The second-order valence-corrected chi connectivity index (χ2v) is 6.98. The zero-order valence-electron chi connectivity index (χ0n) is 16.3. The molecule has 146 valence electrons. The van der Waals surface area contributed by atoms with Gasteiger partial charge in [-0.25, -0.2) is 4.98 Å². The molecule has 1 N–H and O–H groups in total. The Morgan fingerprint density at radius 1 is 1.14 bits per heavy atom. The highest BCUT2D eigenvalue weighted by molar-refractivity contribution is 5.94. The SMILES string of the molecule is Cc1cccc(C(C)C)c1NC(=O)COC(=O)CCc1nc2ccccc2o1. The van der Waals surface area contributed by atoms with Crippen LogP contribution in [0.4, 0.5) is 5.69 Å². The number of ether oxygens (including phenoxy) is 1. The first kappa shape index (κ1) is 19.6. The van der Waals surface area contributed by atoms with Crippen LogP contribution in [0.3, 0.4) is 0 Å². The van der Waals surface area contributed by atoms with Crippen molar-refractivity contribution in [1.29, 1.82) is 0 Å². The minimum absolute atomic E-state index is 0.0989. The molecule has 0 bridgehead atoms. The van der Waals surface area contributed by atoms with Crippen LogP contribution in [0.25, 0.3) is 11.1 Å². The number of benzene rings is 2. The number of carbonyl (C=O) groups excluding carboxylic acids is 2. The number of anilines is 1. The fourth-order valence-electron chi connectivity index (χ4n) is 2.97. The van der Waals surface area contributed by atoms with Crippen molar-refractivity contribution in [2.24, 2.45) is 0 Å². The number of hydrogen-bond acceptors (Lipinski definition) is 5. The van der Waals surface area contributed by atoms with Crippen molar-refractivity contribution in [3.05, 3.63) is 59.5 Å². The normalized spacial score (nSPS) is 11.0. The molecule has 0 aliphatic heterocycles. The summed E-state index contributed by atoms with van der Waals surface area (Å²) < 4.78 is 10.7. The van der Waals surface area contributed by atoms with Gasteiger partial charge in [0.05, 0.1) is 6.42 Å². The molecule has 28 heavy (non-hydrogen) atoms. The predicted octanol–water partition coefficient (Wildman–Crippen LogP) is 4.37. The Kier molecular flexibility index (Phi) is 6.09. The molecule has 0 fully saturated rings. The van der Waals surface area contributed by atoms with Crippen LogP contribution in [0.5, 0.6) is 0 Å². The van der Waals surface area contributed by atoms with Gasteiger partial charge in [-0.3, -0.25) is 9.59 Å². The Bertz CT molecular complexity index is 958. The van der Waals surface area contributed by atoms with Gasteiger partial charge >= 0.3 is 5.97 Å². The minimum Gasteiger partial charge on any atom is -0.456 e. The number of esters is 1. The number of amides is 1. The molecule has 0 unspecified atom stereocenters. The lowest BCUT2D eigenvalue weighted by Gasteiger charge is -2.16. The van der Waals surface area contributed by atoms with E-state index in [0.717, 1.165) is 22.3 Å². The molecule has 0 atom stereocenters. The van der Waals surface area contributed by atoms with E-state index >= 15 is 0 Å². The van der Waals surface area contributed by atoms with Gasteiger partial charge in [-0.2, -0.15) is 0 Å². The number of carbonyl (C=O) groups is 2. The van der Waals surface area contributed by atoms with Crippen LogP contribution in [0.2, 0.25) is 0 Å². The monoisotopic (exact) mass is 380 g/mol. The third-order valence-corrected chi connectivity index (χ3v) is 4.44. The Balaban J connectivity index is 1.50. The van der Waals surface area contributed by atoms with E-state index in [1.165, 1.54) is 0 Å². The summed E-state index contributed by atoms with van der Waals surface area (Å²) in [4.78, 5) is 28.5. The largest absolute Gasteiger partial charge is 0.456 e. The molecule has 0 aliphatic rings. The summed E-state index contributed by atoms with van der Waals surface area (Å²) in [6, 6.07) is 13.3. The van der Waals surface area contributed by atoms with Gasteiger partial charge in [0.25, 0.3) is 5.91 Å². The number of rotatable bonds is 7. The fourth-order valence-corrected chi connectivity index (χ4v) is 2.97. The van der Waals surface area contributed by atoms with Gasteiger partial charge in [0.1, 0.15) is 5.52 Å². The summed E-state index contributed by atoms with van der Waals surface area (Å²) in [5.41, 5.74) is 4.25. The van der Waals surface area contributed by atoms with Crippen LogP contribution in [0.15, 0.2) is 46.9 Å². The second kappa shape index (κ2) is 8.69. The van der Waals surface area contributed by atoms with Gasteiger partial charge in [-0.1, -0.05) is 44.2 Å². The first-order valence-electron chi connectivity index (χ1n) is 9.33. The standard InChI is InChI=1S/C22H24N2O4/c1-14(2)16-8-6-7-15(3)22(16)24-19(25)13-27-21(26)12-11-20-23-17-9-4-5-10-18(17)28-20/h4-10,14H,11-13H2,1-3H3,(H,24,25). The van der Waals surface area contributed by atoms with Gasteiger partial charge in [0.15, 0.2) is 18.1 Å². The number of fused-ring (bicyclic) bond motifs is 1. The maximum Gasteiger partial charge on any atom is 0.306 e. The van der Waals surface area contributed by atoms with Crippen LogP contribution in [-0.2, 0) is 20.7 Å². The van der Waals surface area contributed by atoms with Crippen LogP contribution in [0, 0.1) is 6.92 Å². The molecule has 6 heteroatoms. The lowest BCUT2D eigenvalue weighted by Crippen LogP contribution is -2.22. The van der Waals surface area contributed by atoms with E-state index in [4.69, 9.17) is 9.15 Å². The molecule has 3 rings (SSSR count). The second-order valence-electron chi connectivity index (χ2n) is 6.98. The first-order chi connectivity index (χ1) is 13.4. The molecule has 0 aliphatic carbocycles. The van der Waals surface area contributed by atoms with Crippen molar-refractivity contribution < 1.29 is 18.7 Å². The van der Waals surface area contributed by atoms with Gasteiger partial charge < -0.3 is 14.5 Å². The van der Waals surface area contributed by atoms with E-state index in [1.54, 1.807) is 0 Å². The summed E-state index contributed by atoms with van der Waals surface area (Å²) >= 11 is 0. The molecule has 2 aromatic carbocycles. The highest BCUT2D eigenvalue weighted by Gasteiger charge is 2.14. The average Bonchev–Trinajstić information content (AvgIpc) is 3.09. The number of aryl methyl sites for hydroxylation is 2. The Morgan fingerprint density at radius 2 is 1.93 bits per heavy atom. The lowest BCUT2D eigenvalue weighted by atomic mass is 9.98. The van der Waals surface area contributed by atoms with Gasteiger partial charge in [0, 0.05) is 12.1 Å². The minimum atomic E-state index is -0.466. The van der Waals surface area contributed by atoms with Gasteiger partial charge in [0.2, 0.25) is 0 Å². The van der Waals surface area contributed by atoms with Gasteiger partial charge in [-0.15, -0.1) is 0 Å². The Morgan fingerprint density at radius 3 is 2.68 bits per heavy atom. The third kappa shape index (κ3) is 4.76. The number of nitrogens with one attached hydrogen (secondary N) is 1. The summed E-state index contributed by atoms with van der Waals surface area (Å²) in [5, 5.41) is 2.86. The highest BCUT2D eigenvalue weighted by atomic mass is 16.5. The van der Waals surface area contributed by atoms with Crippen molar-refractivity contribution in [1.82, 2.24) is 4.98 Å². The van der Waals surface area contributed by atoms with Crippen LogP contribution in [-0.4, -0.2) is 23.5 Å². The molecular weight excluding hydrogens is 356 g/mol. The number of oxazole rings is 1. The molecular formula is C22H24N2O4. The summed E-state index contributed by atoms with van der Waals surface area (Å²) in [6.45, 7) is 5.75. The fraction of sp³-hybridized carbons (Fsp3) is 0.318. The average molecular weight is 380 g/mol. The highest BCUT2D eigenvalue weighted by Crippen LogP contribution is 2.27. The first-order valence-corrected chi connectivity index (χ1v) is 9.33. The van der Waals surface area contributed by atoms with Crippen LogP contribution in [0.1, 0.15) is 43.2 Å². The van der Waals surface area contributed by atoms with Crippen LogP contribution < -0.4 is 5.32 Å². The molecule has 3 aromatic rings. The number of nitrogens with zero attached hydrogens (tertiary/aromatic N) is 1. The third-order valence-electron chi connectivity index (χ3n) is 4.44. The smallest absolute Gasteiger partial charge is 0.306 e. The quantitative estimate of drug-likeness (QED) is 0.616. The number of aromatic nitrogens is 1. The van der Waals surface area contributed by atoms with Crippen molar-refractivity contribution in [3.63, 3.8) is 0 Å². The zero-order valence-corrected chi connectivity index (χ0v) is 16.3. The Hall–Kier alpha value is -3.15. The predicted molar refractivity (Wildman–Crippen MR) is 107 cm³/mol. The van der Waals surface area contributed by atoms with Crippen molar-refractivity contribution in [3.8, 4) is 0 Å². The molecule has 0 saturated carbocycles. The van der Waals surface area contributed by atoms with Crippen molar-refractivity contribution in [2.45, 2.75) is 39.5 Å². The van der Waals surface area contributed by atoms with Crippen molar-refractivity contribution in [2.75, 3.05) is 11.9 Å². The van der Waals surface area contributed by atoms with E-state index < -0.39 is 5.97 Å². The molecule has 0 spiro atoms. The van der Waals surface area contributed by atoms with Crippen molar-refractivity contribution >= 4 is 28.7 Å². The maximum atomic E-state index is 12.2. The Labute approximate surface area is 163 Å². The van der Waals surface area contributed by atoms with E-state index in [-0.39, 0.29) is 24.9 Å². The summed E-state index contributed by atoms with van der Waals surface area (Å²) in [7, 11) is 0. The molecule has 0 radical (unpaired) electrons. The summed E-state index contributed by atoms with van der Waals surface area (Å²) in [5.74, 6) is -0.0733. The van der Waals surface area contributed by atoms with E-state index in [0.29, 0.717) is 17.9 Å². The lowest BCUT2D eigenvalue weighted by molar-refractivity contribution is -0.147. The summed E-state index contributed by atoms with van der Waals surface area (Å²) in [6.07, 6.45) is 0.423. The molecule has 1 heterocycles. The molecule has 1 aromatic heterocycles. The molecule has 6 nitrogen and oxygen atoms in total. The zero-order chi connectivity index (χ0) is 20.1. The number of hydrogen-bond donors (Lipinski definition) is 1. The maximum absolute atomic E-state index is 12.2. The molecule has 0 saturated heterocycles.